The highest BCUT2D eigenvalue weighted by Crippen LogP contribution is 2.17. The second kappa shape index (κ2) is 9.52. The van der Waals surface area contributed by atoms with Crippen molar-refractivity contribution in [1.29, 1.82) is 0 Å². The molecule has 1 amide bonds. The molecule has 2 aromatic heterocycles. The van der Waals surface area contributed by atoms with Gasteiger partial charge in [0.25, 0.3) is 5.95 Å². The molecule has 0 atom stereocenters. The minimum absolute atomic E-state index is 0. The van der Waals surface area contributed by atoms with Crippen LogP contribution in [0.2, 0.25) is 0 Å². The van der Waals surface area contributed by atoms with Gasteiger partial charge in [-0.2, -0.15) is 5.10 Å². The maximum Gasteiger partial charge on any atom is 0.251 e. The Kier molecular flexibility index (Phi) is 7.34. The van der Waals surface area contributed by atoms with Crippen molar-refractivity contribution in [2.24, 2.45) is 0 Å². The van der Waals surface area contributed by atoms with E-state index in [-0.39, 0.29) is 24.7 Å². The number of rotatable bonds is 6. The molecular formula is C21H27ClN6O. The average Bonchev–Trinajstić information content (AvgIpc) is 2.91. The third-order valence-electron chi connectivity index (χ3n) is 4.65. The first-order chi connectivity index (χ1) is 13.3. The number of carbonyl (C=O) groups is 1. The Balaban J connectivity index is 0.00000300. The van der Waals surface area contributed by atoms with Gasteiger partial charge in [0.05, 0.1) is 12.1 Å². The van der Waals surface area contributed by atoms with E-state index in [2.05, 4.69) is 20.4 Å². The zero-order valence-corrected chi connectivity index (χ0v) is 18.0. The first-order valence-electron chi connectivity index (χ1n) is 9.32. The zero-order chi connectivity index (χ0) is 20.3. The van der Waals surface area contributed by atoms with Gasteiger partial charge >= 0.3 is 0 Å². The molecule has 0 spiro atoms. The highest BCUT2D eigenvalue weighted by molar-refractivity contribution is 5.85. The number of aryl methyl sites for hydroxylation is 3. The SMILES string of the molecule is Cc1cc(C)nc(-n2nc(C)c(CC(=O)NCCc3ccc(N)cc3)c2C)n1.Cl. The second-order valence-corrected chi connectivity index (χ2v) is 7.03. The van der Waals surface area contributed by atoms with Crippen LogP contribution in [0.4, 0.5) is 5.69 Å². The van der Waals surface area contributed by atoms with E-state index in [0.717, 1.165) is 46.0 Å². The summed E-state index contributed by atoms with van der Waals surface area (Å²) in [6.45, 7) is 8.29. The number of anilines is 1. The molecule has 29 heavy (non-hydrogen) atoms. The van der Waals surface area contributed by atoms with Gasteiger partial charge in [-0.3, -0.25) is 4.79 Å². The summed E-state index contributed by atoms with van der Waals surface area (Å²) >= 11 is 0. The lowest BCUT2D eigenvalue weighted by Crippen LogP contribution is -2.27. The number of amides is 1. The highest BCUT2D eigenvalue weighted by Gasteiger charge is 2.17. The van der Waals surface area contributed by atoms with E-state index in [4.69, 9.17) is 5.73 Å². The van der Waals surface area contributed by atoms with Gasteiger partial charge in [0, 0.05) is 34.9 Å². The van der Waals surface area contributed by atoms with E-state index >= 15 is 0 Å². The van der Waals surface area contributed by atoms with Crippen molar-refractivity contribution in [3.8, 4) is 5.95 Å². The average molecular weight is 415 g/mol. The van der Waals surface area contributed by atoms with Crippen LogP contribution in [0.25, 0.3) is 5.95 Å². The van der Waals surface area contributed by atoms with Crippen molar-refractivity contribution in [2.45, 2.75) is 40.5 Å². The van der Waals surface area contributed by atoms with Gasteiger partial charge in [-0.25, -0.2) is 14.6 Å². The molecule has 3 N–H and O–H groups in total. The van der Waals surface area contributed by atoms with E-state index in [0.29, 0.717) is 12.5 Å². The Labute approximate surface area is 177 Å². The van der Waals surface area contributed by atoms with Crippen molar-refractivity contribution in [1.82, 2.24) is 25.1 Å². The molecule has 2 heterocycles. The molecule has 0 aliphatic rings. The molecule has 0 fully saturated rings. The molecule has 0 radical (unpaired) electrons. The second-order valence-electron chi connectivity index (χ2n) is 7.03. The van der Waals surface area contributed by atoms with Gasteiger partial charge in [0.2, 0.25) is 5.91 Å². The normalized spacial score (nSPS) is 10.5. The van der Waals surface area contributed by atoms with E-state index in [9.17, 15) is 4.79 Å². The summed E-state index contributed by atoms with van der Waals surface area (Å²) in [6.07, 6.45) is 1.05. The summed E-state index contributed by atoms with van der Waals surface area (Å²) < 4.78 is 1.71. The number of hydrogen-bond donors (Lipinski definition) is 2. The number of benzene rings is 1. The number of halogens is 1. The standard InChI is InChI=1S/C21H26N6O.ClH/c1-13-11-14(2)25-21(24-13)27-16(4)19(15(3)26-27)12-20(28)23-10-9-17-5-7-18(22)8-6-17;/h5-8,11H,9-10,12,22H2,1-4H3,(H,23,28);1H. The molecule has 154 valence electrons. The van der Waals surface area contributed by atoms with Crippen molar-refractivity contribution in [3.63, 3.8) is 0 Å². The summed E-state index contributed by atoms with van der Waals surface area (Å²) in [4.78, 5) is 21.4. The zero-order valence-electron chi connectivity index (χ0n) is 17.2. The van der Waals surface area contributed by atoms with Gasteiger partial charge < -0.3 is 11.1 Å². The Morgan fingerprint density at radius 3 is 2.31 bits per heavy atom. The van der Waals surface area contributed by atoms with E-state index in [1.54, 1.807) is 4.68 Å². The summed E-state index contributed by atoms with van der Waals surface area (Å²) in [7, 11) is 0. The largest absolute Gasteiger partial charge is 0.399 e. The van der Waals surface area contributed by atoms with Gasteiger partial charge in [-0.05, 0) is 57.9 Å². The number of carbonyl (C=O) groups excluding carboxylic acids is 1. The van der Waals surface area contributed by atoms with Gasteiger partial charge in [0.1, 0.15) is 0 Å². The van der Waals surface area contributed by atoms with Crippen LogP contribution in [0, 0.1) is 27.7 Å². The summed E-state index contributed by atoms with van der Waals surface area (Å²) in [5.74, 6) is 0.510. The number of nitrogens with two attached hydrogens (primary N) is 1. The predicted molar refractivity (Wildman–Crippen MR) is 117 cm³/mol. The summed E-state index contributed by atoms with van der Waals surface area (Å²) in [5.41, 5.74) is 12.0. The third-order valence-corrected chi connectivity index (χ3v) is 4.65. The number of nitrogen functional groups attached to an aromatic ring is 1. The molecule has 0 bridgehead atoms. The number of hydrogen-bond acceptors (Lipinski definition) is 5. The molecule has 0 saturated heterocycles. The van der Waals surface area contributed by atoms with Crippen molar-refractivity contribution in [2.75, 3.05) is 12.3 Å². The summed E-state index contributed by atoms with van der Waals surface area (Å²) in [5, 5.41) is 7.53. The molecule has 0 unspecified atom stereocenters. The number of nitrogens with zero attached hydrogens (tertiary/aromatic N) is 4. The highest BCUT2D eigenvalue weighted by atomic mass is 35.5. The quantitative estimate of drug-likeness (QED) is 0.604. The molecule has 1 aromatic carbocycles. The lowest BCUT2D eigenvalue weighted by molar-refractivity contribution is -0.120. The fourth-order valence-electron chi connectivity index (χ4n) is 3.18. The van der Waals surface area contributed by atoms with Crippen molar-refractivity contribution in [3.05, 3.63) is 64.2 Å². The van der Waals surface area contributed by atoms with E-state index < -0.39 is 0 Å². The summed E-state index contributed by atoms with van der Waals surface area (Å²) in [6, 6.07) is 9.61. The van der Waals surface area contributed by atoms with Crippen LogP contribution in [-0.2, 0) is 17.6 Å². The van der Waals surface area contributed by atoms with E-state index in [1.807, 2.05) is 58.0 Å². The van der Waals surface area contributed by atoms with Crippen LogP contribution in [0.3, 0.4) is 0 Å². The molecule has 0 aliphatic carbocycles. The van der Waals surface area contributed by atoms with Crippen LogP contribution < -0.4 is 11.1 Å². The predicted octanol–water partition coefficient (Wildman–Crippen LogP) is 2.80. The minimum atomic E-state index is -0.0254. The Hall–Kier alpha value is -2.93. The minimum Gasteiger partial charge on any atom is -0.399 e. The maximum atomic E-state index is 12.4. The molecular weight excluding hydrogens is 388 g/mol. The lowest BCUT2D eigenvalue weighted by atomic mass is 10.1. The smallest absolute Gasteiger partial charge is 0.251 e. The van der Waals surface area contributed by atoms with Crippen LogP contribution >= 0.6 is 12.4 Å². The maximum absolute atomic E-state index is 12.4. The number of aromatic nitrogens is 4. The molecule has 8 heteroatoms. The van der Waals surface area contributed by atoms with Crippen LogP contribution in [0.1, 0.15) is 33.9 Å². The molecule has 7 nitrogen and oxygen atoms in total. The Morgan fingerprint density at radius 2 is 1.69 bits per heavy atom. The van der Waals surface area contributed by atoms with Crippen LogP contribution in [0.5, 0.6) is 0 Å². The van der Waals surface area contributed by atoms with Gasteiger partial charge in [-0.1, -0.05) is 12.1 Å². The third kappa shape index (κ3) is 5.54. The first kappa shape index (κ1) is 22.4. The van der Waals surface area contributed by atoms with Gasteiger partial charge in [0.15, 0.2) is 0 Å². The van der Waals surface area contributed by atoms with Crippen molar-refractivity contribution >= 4 is 24.0 Å². The van der Waals surface area contributed by atoms with E-state index in [1.165, 1.54) is 0 Å². The Morgan fingerprint density at radius 1 is 1.07 bits per heavy atom. The fraction of sp³-hybridized carbons (Fsp3) is 0.333. The molecule has 3 aromatic rings. The fourth-order valence-corrected chi connectivity index (χ4v) is 3.18. The van der Waals surface area contributed by atoms with Gasteiger partial charge in [-0.15, -0.1) is 12.4 Å². The van der Waals surface area contributed by atoms with Crippen LogP contribution in [-0.4, -0.2) is 32.2 Å². The lowest BCUT2D eigenvalue weighted by Gasteiger charge is -2.07. The van der Waals surface area contributed by atoms with Crippen molar-refractivity contribution < 1.29 is 4.79 Å². The topological polar surface area (TPSA) is 98.7 Å². The molecule has 0 saturated carbocycles. The monoisotopic (exact) mass is 414 g/mol. The van der Waals surface area contributed by atoms with Crippen LogP contribution in [0.15, 0.2) is 30.3 Å². The molecule has 0 aliphatic heterocycles. The Bertz CT molecular complexity index is 977. The number of nitrogens with one attached hydrogen (secondary N) is 1. The first-order valence-corrected chi connectivity index (χ1v) is 9.32. The molecule has 3 rings (SSSR count).